The van der Waals surface area contributed by atoms with Gasteiger partial charge in [-0.15, -0.1) is 21.5 Å². The van der Waals surface area contributed by atoms with Crippen LogP contribution < -0.4 is 5.32 Å². The minimum Gasteiger partial charge on any atom is -0.369 e. The number of aromatic nitrogens is 5. The maximum absolute atomic E-state index is 4.53. The highest BCUT2D eigenvalue weighted by atomic mass is 32.1. The Bertz CT molecular complexity index is 1080. The predicted octanol–water partition coefficient (Wildman–Crippen LogP) is 3.51. The van der Waals surface area contributed by atoms with Gasteiger partial charge < -0.3 is 5.32 Å². The lowest BCUT2D eigenvalue weighted by atomic mass is 9.89. The van der Waals surface area contributed by atoms with Crippen molar-refractivity contribution in [3.63, 3.8) is 0 Å². The average molecular weight is 364 g/mol. The Morgan fingerprint density at radius 3 is 3.19 bits per heavy atom. The molecule has 4 aromatic heterocycles. The lowest BCUT2D eigenvalue weighted by Gasteiger charge is -2.18. The summed E-state index contributed by atoms with van der Waals surface area (Å²) in [5.41, 5.74) is 2.34. The lowest BCUT2D eigenvalue weighted by molar-refractivity contribution is 0.509. The molecule has 4 heterocycles. The summed E-state index contributed by atoms with van der Waals surface area (Å²) in [7, 11) is 0. The van der Waals surface area contributed by atoms with Gasteiger partial charge in [-0.2, -0.15) is 0 Å². The van der Waals surface area contributed by atoms with Crippen LogP contribution in [0.2, 0.25) is 0 Å². The van der Waals surface area contributed by atoms with Crippen LogP contribution in [0.4, 0.5) is 5.82 Å². The third-order valence-electron chi connectivity index (χ3n) is 5.12. The highest BCUT2D eigenvalue weighted by Gasteiger charge is 2.22. The van der Waals surface area contributed by atoms with Gasteiger partial charge in [-0.1, -0.05) is 13.0 Å². The summed E-state index contributed by atoms with van der Waals surface area (Å²) < 4.78 is 2.03. The van der Waals surface area contributed by atoms with E-state index in [1.54, 1.807) is 6.33 Å². The summed E-state index contributed by atoms with van der Waals surface area (Å²) in [5, 5.41) is 13.3. The molecule has 0 radical (unpaired) electrons. The quantitative estimate of drug-likeness (QED) is 0.600. The van der Waals surface area contributed by atoms with E-state index in [1.807, 2.05) is 40.1 Å². The number of hydrogen-bond donors (Lipinski definition) is 1. The van der Waals surface area contributed by atoms with Crippen molar-refractivity contribution in [3.05, 3.63) is 47.0 Å². The van der Waals surface area contributed by atoms with Gasteiger partial charge in [-0.3, -0.25) is 4.40 Å². The van der Waals surface area contributed by atoms with Crippen molar-refractivity contribution in [2.75, 3.05) is 11.9 Å². The minimum absolute atomic E-state index is 0.765. The first-order chi connectivity index (χ1) is 12.8. The molecule has 1 unspecified atom stereocenters. The summed E-state index contributed by atoms with van der Waals surface area (Å²) in [6, 6.07) is 5.95. The van der Waals surface area contributed by atoms with E-state index in [4.69, 9.17) is 0 Å². The summed E-state index contributed by atoms with van der Waals surface area (Å²) in [5.74, 6) is 2.68. The van der Waals surface area contributed by atoms with E-state index in [-0.39, 0.29) is 0 Å². The van der Waals surface area contributed by atoms with Gasteiger partial charge in [-0.05, 0) is 42.9 Å². The fourth-order valence-corrected chi connectivity index (χ4v) is 5.11. The van der Waals surface area contributed by atoms with Crippen molar-refractivity contribution in [2.45, 2.75) is 32.6 Å². The highest BCUT2D eigenvalue weighted by molar-refractivity contribution is 7.19. The molecule has 0 saturated carbocycles. The van der Waals surface area contributed by atoms with Crippen LogP contribution in [-0.2, 0) is 19.3 Å². The van der Waals surface area contributed by atoms with Gasteiger partial charge in [0.05, 0.1) is 5.39 Å². The number of fused-ring (bicyclic) bond motifs is 4. The van der Waals surface area contributed by atoms with Crippen molar-refractivity contribution >= 4 is 33.0 Å². The number of aryl methyl sites for hydroxylation is 1. The van der Waals surface area contributed by atoms with Crippen molar-refractivity contribution in [2.24, 2.45) is 5.92 Å². The number of rotatable bonds is 4. The molecule has 6 nitrogen and oxygen atoms in total. The van der Waals surface area contributed by atoms with Gasteiger partial charge in [-0.25, -0.2) is 9.97 Å². The fourth-order valence-electron chi connectivity index (χ4n) is 3.76. The minimum atomic E-state index is 0.765. The number of nitrogens with zero attached hydrogens (tertiary/aromatic N) is 5. The van der Waals surface area contributed by atoms with Gasteiger partial charge in [0.2, 0.25) is 0 Å². The van der Waals surface area contributed by atoms with Crippen LogP contribution in [0.25, 0.3) is 15.9 Å². The largest absolute Gasteiger partial charge is 0.369 e. The van der Waals surface area contributed by atoms with E-state index >= 15 is 0 Å². The highest BCUT2D eigenvalue weighted by Crippen LogP contribution is 2.39. The summed E-state index contributed by atoms with van der Waals surface area (Å²) in [6.45, 7) is 3.10. The molecular weight excluding hydrogens is 344 g/mol. The first kappa shape index (κ1) is 15.7. The Hall–Kier alpha value is -2.54. The fraction of sp³-hybridized carbons (Fsp3) is 0.368. The zero-order valence-corrected chi connectivity index (χ0v) is 15.5. The van der Waals surface area contributed by atoms with Crippen LogP contribution in [0.1, 0.15) is 29.6 Å². The molecule has 0 amide bonds. The molecule has 0 bridgehead atoms. The van der Waals surface area contributed by atoms with E-state index in [9.17, 15) is 0 Å². The molecule has 0 saturated heterocycles. The normalized spacial score (nSPS) is 16.9. The first-order valence-electron chi connectivity index (χ1n) is 9.07. The number of anilines is 1. The molecule has 0 fully saturated rings. The van der Waals surface area contributed by atoms with Gasteiger partial charge in [0.15, 0.2) is 5.65 Å². The number of hydrogen-bond acceptors (Lipinski definition) is 6. The van der Waals surface area contributed by atoms with Crippen LogP contribution in [0.5, 0.6) is 0 Å². The van der Waals surface area contributed by atoms with Crippen LogP contribution in [0.15, 0.2) is 30.7 Å². The molecule has 132 valence electrons. The Balaban J connectivity index is 1.40. The molecular formula is C19H20N6S. The SMILES string of the molecule is CC1CCc2c(sc3ncnc(NCCc4nnc5ccccn45)c23)C1. The Labute approximate surface area is 155 Å². The Kier molecular flexibility index (Phi) is 3.81. The third kappa shape index (κ3) is 2.63. The zero-order valence-electron chi connectivity index (χ0n) is 14.6. The van der Waals surface area contributed by atoms with Gasteiger partial charge in [0, 0.05) is 24.0 Å². The summed E-state index contributed by atoms with van der Waals surface area (Å²) in [6.07, 6.45) is 8.01. The monoisotopic (exact) mass is 364 g/mol. The van der Waals surface area contributed by atoms with Crippen molar-refractivity contribution in [1.82, 2.24) is 24.6 Å². The van der Waals surface area contributed by atoms with Gasteiger partial charge in [0.25, 0.3) is 0 Å². The smallest absolute Gasteiger partial charge is 0.160 e. The molecule has 26 heavy (non-hydrogen) atoms. The number of nitrogens with one attached hydrogen (secondary N) is 1. The average Bonchev–Trinajstić information content (AvgIpc) is 3.23. The number of thiophene rings is 1. The second-order valence-electron chi connectivity index (χ2n) is 6.98. The molecule has 0 aromatic carbocycles. The zero-order chi connectivity index (χ0) is 17.5. The maximum Gasteiger partial charge on any atom is 0.160 e. The van der Waals surface area contributed by atoms with Crippen molar-refractivity contribution in [3.8, 4) is 0 Å². The Morgan fingerprint density at radius 2 is 2.23 bits per heavy atom. The van der Waals surface area contributed by atoms with E-state index in [0.29, 0.717) is 0 Å². The molecule has 0 spiro atoms. The summed E-state index contributed by atoms with van der Waals surface area (Å²) >= 11 is 1.83. The van der Waals surface area contributed by atoms with E-state index in [1.165, 1.54) is 28.7 Å². The lowest BCUT2D eigenvalue weighted by Crippen LogP contribution is -2.11. The second kappa shape index (κ2) is 6.32. The molecule has 0 aliphatic heterocycles. The molecule has 1 aliphatic rings. The van der Waals surface area contributed by atoms with Gasteiger partial charge >= 0.3 is 0 Å². The predicted molar refractivity (Wildman–Crippen MR) is 104 cm³/mol. The maximum atomic E-state index is 4.53. The van der Waals surface area contributed by atoms with Crippen LogP contribution in [-0.4, -0.2) is 31.1 Å². The Morgan fingerprint density at radius 1 is 1.27 bits per heavy atom. The van der Waals surface area contributed by atoms with Crippen LogP contribution >= 0.6 is 11.3 Å². The molecule has 5 rings (SSSR count). The van der Waals surface area contributed by atoms with Crippen molar-refractivity contribution < 1.29 is 0 Å². The molecule has 7 heteroatoms. The molecule has 4 aromatic rings. The van der Waals surface area contributed by atoms with E-state index in [2.05, 4.69) is 32.4 Å². The third-order valence-corrected chi connectivity index (χ3v) is 6.28. The van der Waals surface area contributed by atoms with Crippen LogP contribution in [0, 0.1) is 5.92 Å². The van der Waals surface area contributed by atoms with Crippen molar-refractivity contribution in [1.29, 1.82) is 0 Å². The standard InChI is InChI=1S/C19H20N6S/c1-12-5-6-13-14(10-12)26-19-17(13)18(21-11-22-19)20-8-7-16-24-23-15-4-2-3-9-25(15)16/h2-4,9,11-12H,5-8,10H2,1H3,(H,20,21,22). The topological polar surface area (TPSA) is 68.0 Å². The second-order valence-corrected chi connectivity index (χ2v) is 8.06. The summed E-state index contributed by atoms with van der Waals surface area (Å²) in [4.78, 5) is 11.6. The van der Waals surface area contributed by atoms with Crippen LogP contribution in [0.3, 0.4) is 0 Å². The molecule has 1 N–H and O–H groups in total. The number of pyridine rings is 1. The van der Waals surface area contributed by atoms with Gasteiger partial charge in [0.1, 0.15) is 22.8 Å². The van der Waals surface area contributed by atoms with E-state index < -0.39 is 0 Å². The first-order valence-corrected chi connectivity index (χ1v) is 9.89. The molecule has 1 atom stereocenters. The van der Waals surface area contributed by atoms with E-state index in [0.717, 1.165) is 47.4 Å². The molecule has 1 aliphatic carbocycles.